The molecule has 5 aromatic rings. The third-order valence-electron chi connectivity index (χ3n) is 9.52. The highest BCUT2D eigenvalue weighted by molar-refractivity contribution is 5.98. The molecule has 0 unspecified atom stereocenters. The van der Waals surface area contributed by atoms with Crippen LogP contribution >= 0.6 is 0 Å². The van der Waals surface area contributed by atoms with Gasteiger partial charge in [-0.1, -0.05) is 66.7 Å². The molecule has 0 amide bonds. The minimum absolute atomic E-state index is 0.660. The summed E-state index contributed by atoms with van der Waals surface area (Å²) in [6, 6.07) is 27.9. The highest BCUT2D eigenvalue weighted by atomic mass is 16.5. The first-order valence-electron chi connectivity index (χ1n) is 18.9. The maximum absolute atomic E-state index is 5.99. The maximum Gasteiger partial charge on any atom is 0.119 e. The molecule has 12 nitrogen and oxygen atoms in total. The molecular weight excluding hydrogens is 663 g/mol. The normalized spacial score (nSPS) is 16.1. The Morgan fingerprint density at radius 3 is 2.23 bits per heavy atom. The van der Waals surface area contributed by atoms with E-state index in [1.165, 1.54) is 27.8 Å². The molecule has 3 heterocycles. The first-order valence-corrected chi connectivity index (χ1v) is 18.9. The fraction of sp³-hybridized carbons (Fsp3) is 0.415. The van der Waals surface area contributed by atoms with Crippen LogP contribution in [-0.2, 0) is 13.1 Å². The first kappa shape index (κ1) is 38.0. The number of hydrogen-bond donors (Lipinski definition) is 3. The summed E-state index contributed by atoms with van der Waals surface area (Å²) in [7, 11) is 4.11. The summed E-state index contributed by atoms with van der Waals surface area (Å²) in [5, 5.41) is 27.3. The van der Waals surface area contributed by atoms with Gasteiger partial charge in [-0.25, -0.2) is 4.68 Å². The minimum atomic E-state index is 0.660. The molecule has 12 heteroatoms. The van der Waals surface area contributed by atoms with Crippen LogP contribution in [0.25, 0.3) is 16.8 Å². The second-order valence-electron chi connectivity index (χ2n) is 13.9. The lowest BCUT2D eigenvalue weighted by Gasteiger charge is -2.22. The topological polar surface area (TPSA) is 115 Å². The van der Waals surface area contributed by atoms with E-state index in [0.29, 0.717) is 6.61 Å². The number of ether oxygens (including phenoxy) is 1. The molecule has 1 aliphatic heterocycles. The molecule has 3 aromatic carbocycles. The van der Waals surface area contributed by atoms with Gasteiger partial charge in [0.05, 0.1) is 29.5 Å². The van der Waals surface area contributed by atoms with Crippen molar-refractivity contribution in [2.75, 3.05) is 73.2 Å². The predicted octanol–water partition coefficient (Wildman–Crippen LogP) is 4.93. The second-order valence-corrected chi connectivity index (χ2v) is 13.9. The van der Waals surface area contributed by atoms with Crippen molar-refractivity contribution in [2.45, 2.75) is 39.3 Å². The van der Waals surface area contributed by atoms with E-state index in [1.807, 2.05) is 4.68 Å². The average molecular weight is 718 g/mol. The molecular formula is C41H55N11O. The van der Waals surface area contributed by atoms with Crippen molar-refractivity contribution in [3.63, 3.8) is 0 Å². The van der Waals surface area contributed by atoms with Gasteiger partial charge in [-0.2, -0.15) is 15.4 Å². The van der Waals surface area contributed by atoms with Crippen molar-refractivity contribution in [3.8, 4) is 11.4 Å². The molecule has 0 radical (unpaired) electrons. The van der Waals surface area contributed by atoms with E-state index in [4.69, 9.17) is 4.74 Å². The number of nitrogens with one attached hydrogen (secondary N) is 3. The van der Waals surface area contributed by atoms with Crippen molar-refractivity contribution in [3.05, 3.63) is 119 Å². The first-order chi connectivity index (χ1) is 26.1. The number of nitrogens with zero attached hydrogens (tertiary/aromatic N) is 8. The number of likely N-dealkylation sites (N-methyl/N-ethyl adjacent to an activating group) is 1. The summed E-state index contributed by atoms with van der Waals surface area (Å²) in [4.78, 5) is 6.99. The number of allylic oxidation sites excluding steroid dienone is 1. The average Bonchev–Trinajstić information content (AvgIpc) is 3.88. The third kappa shape index (κ3) is 11.4. The number of H-pyrrole nitrogens is 1. The molecule has 6 rings (SSSR count). The van der Waals surface area contributed by atoms with Gasteiger partial charge >= 0.3 is 0 Å². The zero-order chi connectivity index (χ0) is 36.7. The molecule has 3 N–H and O–H groups in total. The number of hydrogen-bond acceptors (Lipinski definition) is 10. The molecule has 0 spiro atoms. The molecule has 2 aromatic heterocycles. The van der Waals surface area contributed by atoms with Crippen LogP contribution in [-0.4, -0.2) is 118 Å². The Bertz CT molecular complexity index is 1800. The number of aromatic amines is 1. The van der Waals surface area contributed by atoms with Gasteiger partial charge in [0.15, 0.2) is 0 Å². The van der Waals surface area contributed by atoms with E-state index >= 15 is 0 Å². The van der Waals surface area contributed by atoms with Gasteiger partial charge < -0.3 is 20.3 Å². The van der Waals surface area contributed by atoms with Crippen LogP contribution in [0.4, 0.5) is 0 Å². The fourth-order valence-electron chi connectivity index (χ4n) is 6.72. The third-order valence-corrected chi connectivity index (χ3v) is 9.52. The molecule has 280 valence electrons. The van der Waals surface area contributed by atoms with Crippen LogP contribution in [0.3, 0.4) is 0 Å². The van der Waals surface area contributed by atoms with E-state index in [0.717, 1.165) is 108 Å². The van der Waals surface area contributed by atoms with Gasteiger partial charge in [0.2, 0.25) is 0 Å². The summed E-state index contributed by atoms with van der Waals surface area (Å²) < 4.78 is 7.89. The molecule has 1 saturated heterocycles. The standard InChI is InChI=1S/C41H55N11O/c1-4-40(41(34-10-6-5-7-11-34)35-14-18-39(19-15-35)53-27-26-49(2)3)33-12-16-38(17-13-33)52-31-37(46-48-52)30-50-23-9-21-43-32-51(24-8-20-42-22-25-50)29-36-28-44-47-45-36/h5-7,10-19,28,31,42-43H,4,8-9,20-27,29-30,32H2,1-3H3,(H,44,45,47). The second kappa shape index (κ2) is 19.9. The molecule has 1 fully saturated rings. The Balaban J connectivity index is 1.11. The molecule has 0 bridgehead atoms. The van der Waals surface area contributed by atoms with E-state index in [-0.39, 0.29) is 0 Å². The molecule has 0 aliphatic carbocycles. The Kier molecular flexibility index (Phi) is 14.3. The van der Waals surface area contributed by atoms with Crippen molar-refractivity contribution in [2.24, 2.45) is 0 Å². The summed E-state index contributed by atoms with van der Waals surface area (Å²) in [5.41, 5.74) is 9.03. The van der Waals surface area contributed by atoms with Crippen molar-refractivity contribution >= 4 is 11.1 Å². The zero-order valence-electron chi connectivity index (χ0n) is 31.5. The van der Waals surface area contributed by atoms with E-state index in [9.17, 15) is 0 Å². The van der Waals surface area contributed by atoms with Crippen LogP contribution in [0, 0.1) is 0 Å². The number of benzene rings is 3. The Labute approximate surface area is 314 Å². The van der Waals surface area contributed by atoms with Crippen LogP contribution in [0.15, 0.2) is 91.3 Å². The minimum Gasteiger partial charge on any atom is -0.492 e. The molecule has 53 heavy (non-hydrogen) atoms. The SMILES string of the molecule is CCC(=C(c1ccccc1)c1ccc(OCCN(C)C)cc1)c1ccc(-n2cc(CN3CCCNCN(Cc4cn[nH]n4)CCCNCC3)nn2)cc1. The van der Waals surface area contributed by atoms with E-state index in [2.05, 4.69) is 157 Å². The lowest BCUT2D eigenvalue weighted by Crippen LogP contribution is -2.36. The number of aromatic nitrogens is 6. The summed E-state index contributed by atoms with van der Waals surface area (Å²) in [5.74, 6) is 0.886. The van der Waals surface area contributed by atoms with E-state index < -0.39 is 0 Å². The van der Waals surface area contributed by atoms with Crippen LogP contribution in [0.1, 0.15) is 54.3 Å². The lowest BCUT2D eigenvalue weighted by atomic mass is 9.88. The number of rotatable bonds is 13. The van der Waals surface area contributed by atoms with Gasteiger partial charge in [0.25, 0.3) is 0 Å². The smallest absolute Gasteiger partial charge is 0.119 e. The predicted molar refractivity (Wildman–Crippen MR) is 212 cm³/mol. The van der Waals surface area contributed by atoms with Gasteiger partial charge in [0, 0.05) is 45.9 Å². The molecule has 0 atom stereocenters. The highest BCUT2D eigenvalue weighted by Crippen LogP contribution is 2.35. The molecule has 0 saturated carbocycles. The van der Waals surface area contributed by atoms with Crippen LogP contribution < -0.4 is 15.4 Å². The monoisotopic (exact) mass is 717 g/mol. The fourth-order valence-corrected chi connectivity index (χ4v) is 6.72. The summed E-state index contributed by atoms with van der Waals surface area (Å²) in [6.07, 6.45) is 6.89. The van der Waals surface area contributed by atoms with E-state index in [1.54, 1.807) is 6.20 Å². The Hall–Kier alpha value is -4.72. The largest absolute Gasteiger partial charge is 0.492 e. The summed E-state index contributed by atoms with van der Waals surface area (Å²) in [6.45, 7) is 12.0. The highest BCUT2D eigenvalue weighted by Gasteiger charge is 2.15. The van der Waals surface area contributed by atoms with Crippen LogP contribution in [0.5, 0.6) is 5.75 Å². The van der Waals surface area contributed by atoms with Crippen molar-refractivity contribution in [1.29, 1.82) is 0 Å². The summed E-state index contributed by atoms with van der Waals surface area (Å²) >= 11 is 0. The van der Waals surface area contributed by atoms with Gasteiger partial charge in [-0.15, -0.1) is 5.10 Å². The van der Waals surface area contributed by atoms with Gasteiger partial charge in [-0.05, 0) is 105 Å². The van der Waals surface area contributed by atoms with Crippen molar-refractivity contribution in [1.82, 2.24) is 55.7 Å². The Morgan fingerprint density at radius 2 is 1.49 bits per heavy atom. The zero-order valence-corrected chi connectivity index (χ0v) is 31.5. The van der Waals surface area contributed by atoms with Gasteiger partial charge in [0.1, 0.15) is 12.4 Å². The molecule has 1 aliphatic rings. The van der Waals surface area contributed by atoms with Gasteiger partial charge in [-0.3, -0.25) is 9.80 Å². The van der Waals surface area contributed by atoms with Crippen molar-refractivity contribution < 1.29 is 4.74 Å². The van der Waals surface area contributed by atoms with Crippen LogP contribution in [0.2, 0.25) is 0 Å². The Morgan fingerprint density at radius 1 is 0.774 bits per heavy atom. The lowest BCUT2D eigenvalue weighted by molar-refractivity contribution is 0.235. The quantitative estimate of drug-likeness (QED) is 0.145. The maximum atomic E-state index is 5.99.